The quantitative estimate of drug-likeness (QED) is 0.911. The third kappa shape index (κ3) is 2.72. The predicted octanol–water partition coefficient (Wildman–Crippen LogP) is 2.64. The normalized spacial score (nSPS) is 14.6. The van der Waals surface area contributed by atoms with E-state index in [1.807, 2.05) is 12.1 Å². The van der Waals surface area contributed by atoms with Crippen LogP contribution in [0.1, 0.15) is 36.0 Å². The summed E-state index contributed by atoms with van der Waals surface area (Å²) in [4.78, 5) is 4.30. The molecule has 0 bridgehead atoms. The van der Waals surface area contributed by atoms with E-state index in [0.717, 1.165) is 18.4 Å². The highest BCUT2D eigenvalue weighted by Crippen LogP contribution is 2.38. The molecule has 0 aliphatic heterocycles. The van der Waals surface area contributed by atoms with Crippen molar-refractivity contribution in [1.82, 2.24) is 10.1 Å². The van der Waals surface area contributed by atoms with Crippen molar-refractivity contribution in [3.63, 3.8) is 0 Å². The van der Waals surface area contributed by atoms with Crippen LogP contribution in [0.4, 0.5) is 0 Å². The van der Waals surface area contributed by atoms with E-state index in [-0.39, 0.29) is 6.61 Å². The molecule has 1 saturated carbocycles. The molecular formula is C13H14ClN3O2. The van der Waals surface area contributed by atoms with Crippen LogP contribution in [0, 0.1) is 0 Å². The molecular weight excluding hydrogens is 266 g/mol. The standard InChI is InChI=1S/C13H14ClN3O2/c14-10-3-1-2-9(6-15)12(10)18-7-11-16-13(19-17-11)8-4-5-8/h1-3,8H,4-7,15H2. The molecule has 0 spiro atoms. The van der Waals surface area contributed by atoms with Crippen molar-refractivity contribution in [3.05, 3.63) is 40.5 Å². The first-order valence-corrected chi connectivity index (χ1v) is 6.58. The van der Waals surface area contributed by atoms with Crippen molar-refractivity contribution in [1.29, 1.82) is 0 Å². The van der Waals surface area contributed by atoms with Gasteiger partial charge in [-0.2, -0.15) is 4.98 Å². The van der Waals surface area contributed by atoms with Gasteiger partial charge < -0.3 is 15.0 Å². The van der Waals surface area contributed by atoms with Crippen molar-refractivity contribution in [3.8, 4) is 5.75 Å². The lowest BCUT2D eigenvalue weighted by Crippen LogP contribution is -2.04. The summed E-state index contributed by atoms with van der Waals surface area (Å²) in [5.41, 5.74) is 6.51. The van der Waals surface area contributed by atoms with Gasteiger partial charge in [0.15, 0.2) is 6.61 Å². The van der Waals surface area contributed by atoms with Crippen LogP contribution in [0.15, 0.2) is 22.7 Å². The Bertz CT molecular complexity index is 581. The third-order valence-electron chi connectivity index (χ3n) is 3.02. The van der Waals surface area contributed by atoms with Crippen LogP contribution in [0.3, 0.4) is 0 Å². The smallest absolute Gasteiger partial charge is 0.229 e. The monoisotopic (exact) mass is 279 g/mol. The summed E-state index contributed by atoms with van der Waals surface area (Å²) in [6.45, 7) is 0.600. The average molecular weight is 280 g/mol. The zero-order chi connectivity index (χ0) is 13.2. The third-order valence-corrected chi connectivity index (χ3v) is 3.32. The number of ether oxygens (including phenoxy) is 1. The van der Waals surface area contributed by atoms with Gasteiger partial charge in [0, 0.05) is 18.0 Å². The van der Waals surface area contributed by atoms with E-state index in [1.54, 1.807) is 6.07 Å². The molecule has 6 heteroatoms. The SMILES string of the molecule is NCc1cccc(Cl)c1OCc1noc(C2CC2)n1. The minimum atomic E-state index is 0.229. The van der Waals surface area contributed by atoms with Crippen molar-refractivity contribution in [2.45, 2.75) is 31.9 Å². The largest absolute Gasteiger partial charge is 0.484 e. The number of nitrogens with two attached hydrogens (primary N) is 1. The maximum Gasteiger partial charge on any atom is 0.229 e. The Balaban J connectivity index is 1.71. The first kappa shape index (κ1) is 12.4. The summed E-state index contributed by atoms with van der Waals surface area (Å²) in [6, 6.07) is 5.49. The molecule has 0 unspecified atom stereocenters. The van der Waals surface area contributed by atoms with Crippen LogP contribution in [0.2, 0.25) is 5.02 Å². The molecule has 2 N–H and O–H groups in total. The molecule has 2 aromatic rings. The van der Waals surface area contributed by atoms with Gasteiger partial charge in [0.25, 0.3) is 0 Å². The first-order valence-electron chi connectivity index (χ1n) is 6.20. The molecule has 1 aromatic heterocycles. The highest BCUT2D eigenvalue weighted by molar-refractivity contribution is 6.32. The van der Waals surface area contributed by atoms with E-state index in [9.17, 15) is 0 Å². The molecule has 19 heavy (non-hydrogen) atoms. The van der Waals surface area contributed by atoms with Gasteiger partial charge in [-0.15, -0.1) is 0 Å². The fourth-order valence-electron chi connectivity index (χ4n) is 1.83. The van der Waals surface area contributed by atoms with Crippen LogP contribution in [0.25, 0.3) is 0 Å². The van der Waals surface area contributed by atoms with E-state index in [1.165, 1.54) is 0 Å². The van der Waals surface area contributed by atoms with Crippen LogP contribution < -0.4 is 10.5 Å². The van der Waals surface area contributed by atoms with Crippen LogP contribution in [0.5, 0.6) is 5.75 Å². The molecule has 0 amide bonds. The first-order chi connectivity index (χ1) is 9.28. The van der Waals surface area contributed by atoms with Gasteiger partial charge in [-0.1, -0.05) is 28.9 Å². The summed E-state index contributed by atoms with van der Waals surface area (Å²) in [7, 11) is 0. The predicted molar refractivity (Wildman–Crippen MR) is 69.9 cm³/mol. The van der Waals surface area contributed by atoms with Gasteiger partial charge in [0.1, 0.15) is 5.75 Å². The summed E-state index contributed by atoms with van der Waals surface area (Å²) in [6.07, 6.45) is 2.26. The molecule has 0 saturated heterocycles. The Kier molecular flexibility index (Phi) is 3.40. The second-order valence-electron chi connectivity index (χ2n) is 4.54. The fraction of sp³-hybridized carbons (Fsp3) is 0.385. The topological polar surface area (TPSA) is 74.2 Å². The minimum absolute atomic E-state index is 0.229. The number of halogens is 1. The number of hydrogen-bond acceptors (Lipinski definition) is 5. The molecule has 1 aliphatic rings. The van der Waals surface area contributed by atoms with Gasteiger partial charge in [-0.25, -0.2) is 0 Å². The van der Waals surface area contributed by atoms with Crippen molar-refractivity contribution >= 4 is 11.6 Å². The number of aromatic nitrogens is 2. The molecule has 1 fully saturated rings. The summed E-state index contributed by atoms with van der Waals surface area (Å²) in [5.74, 6) is 2.27. The summed E-state index contributed by atoms with van der Waals surface area (Å²) >= 11 is 6.10. The molecule has 1 aliphatic carbocycles. The number of para-hydroxylation sites is 1. The zero-order valence-corrected chi connectivity index (χ0v) is 11.1. The van der Waals surface area contributed by atoms with Gasteiger partial charge in [0.2, 0.25) is 11.7 Å². The molecule has 0 radical (unpaired) electrons. The second-order valence-corrected chi connectivity index (χ2v) is 4.95. The lowest BCUT2D eigenvalue weighted by molar-refractivity contribution is 0.282. The number of benzene rings is 1. The fourth-order valence-corrected chi connectivity index (χ4v) is 2.08. The maximum absolute atomic E-state index is 6.10. The Morgan fingerprint density at radius 2 is 2.26 bits per heavy atom. The van der Waals surface area contributed by atoms with Crippen LogP contribution in [-0.4, -0.2) is 10.1 Å². The number of nitrogens with zero attached hydrogens (tertiary/aromatic N) is 2. The highest BCUT2D eigenvalue weighted by Gasteiger charge is 2.29. The van der Waals surface area contributed by atoms with Gasteiger partial charge in [0.05, 0.1) is 5.02 Å². The minimum Gasteiger partial charge on any atom is -0.484 e. The lowest BCUT2D eigenvalue weighted by Gasteiger charge is -2.10. The van der Waals surface area contributed by atoms with Crippen molar-refractivity contribution in [2.24, 2.45) is 5.73 Å². The molecule has 1 aromatic carbocycles. The van der Waals surface area contributed by atoms with Gasteiger partial charge in [-0.3, -0.25) is 0 Å². The molecule has 100 valence electrons. The van der Waals surface area contributed by atoms with Crippen molar-refractivity contribution < 1.29 is 9.26 Å². The number of rotatable bonds is 5. The Labute approximate surface area is 115 Å². The Hall–Kier alpha value is -1.59. The van der Waals surface area contributed by atoms with Crippen molar-refractivity contribution in [2.75, 3.05) is 0 Å². The van der Waals surface area contributed by atoms with Gasteiger partial charge >= 0.3 is 0 Å². The van der Waals surface area contributed by atoms with E-state index in [4.69, 9.17) is 26.6 Å². The average Bonchev–Trinajstić information content (AvgIpc) is 3.17. The lowest BCUT2D eigenvalue weighted by atomic mass is 10.2. The Morgan fingerprint density at radius 1 is 1.42 bits per heavy atom. The second kappa shape index (κ2) is 5.19. The van der Waals surface area contributed by atoms with Gasteiger partial charge in [-0.05, 0) is 18.9 Å². The van der Waals surface area contributed by atoms with E-state index in [2.05, 4.69) is 10.1 Å². The molecule has 0 atom stereocenters. The van der Waals surface area contributed by atoms with E-state index < -0.39 is 0 Å². The number of hydrogen-bond donors (Lipinski definition) is 1. The molecule has 5 nitrogen and oxygen atoms in total. The van der Waals surface area contributed by atoms with Crippen LogP contribution >= 0.6 is 11.6 Å². The highest BCUT2D eigenvalue weighted by atomic mass is 35.5. The molecule has 3 rings (SSSR count). The van der Waals surface area contributed by atoms with E-state index >= 15 is 0 Å². The van der Waals surface area contributed by atoms with E-state index in [0.29, 0.717) is 34.9 Å². The van der Waals surface area contributed by atoms with Crippen LogP contribution in [-0.2, 0) is 13.2 Å². The maximum atomic E-state index is 6.10. The Morgan fingerprint density at radius 3 is 3.00 bits per heavy atom. The summed E-state index contributed by atoms with van der Waals surface area (Å²) < 4.78 is 10.8. The summed E-state index contributed by atoms with van der Waals surface area (Å²) in [5, 5.41) is 4.43. The zero-order valence-electron chi connectivity index (χ0n) is 10.3. The molecule has 1 heterocycles.